The van der Waals surface area contributed by atoms with Gasteiger partial charge in [-0.15, -0.1) is 0 Å². The highest BCUT2D eigenvalue weighted by molar-refractivity contribution is 6.33. The van der Waals surface area contributed by atoms with Crippen LogP contribution in [0.4, 0.5) is 15.8 Å². The molecule has 0 spiro atoms. The number of anilines is 2. The van der Waals surface area contributed by atoms with Crippen molar-refractivity contribution in [2.24, 2.45) is 0 Å². The maximum atomic E-state index is 13.3. The van der Waals surface area contributed by atoms with Gasteiger partial charge in [0.1, 0.15) is 5.82 Å². The lowest BCUT2D eigenvalue weighted by molar-refractivity contribution is -0.117. The van der Waals surface area contributed by atoms with Gasteiger partial charge in [-0.3, -0.25) is 19.3 Å². The van der Waals surface area contributed by atoms with Crippen LogP contribution in [0.25, 0.3) is 0 Å². The van der Waals surface area contributed by atoms with E-state index >= 15 is 0 Å². The van der Waals surface area contributed by atoms with Crippen molar-refractivity contribution in [2.45, 2.75) is 0 Å². The lowest BCUT2D eigenvalue weighted by atomic mass is 10.1. The Kier molecular flexibility index (Phi) is 7.74. The monoisotopic (exact) mass is 494 g/mol. The van der Waals surface area contributed by atoms with Gasteiger partial charge in [0.15, 0.2) is 0 Å². The molecule has 0 atom stereocenters. The molecular weight excluding hydrogens is 471 g/mol. The number of amides is 3. The van der Waals surface area contributed by atoms with Gasteiger partial charge >= 0.3 is 0 Å². The Bertz CT molecular complexity index is 1230. The molecule has 0 radical (unpaired) electrons. The highest BCUT2D eigenvalue weighted by Gasteiger charge is 2.25. The molecule has 1 saturated heterocycles. The highest BCUT2D eigenvalue weighted by atomic mass is 35.5. The molecule has 0 saturated carbocycles. The normalized spacial score (nSPS) is 13.8. The first-order valence-corrected chi connectivity index (χ1v) is 11.5. The van der Waals surface area contributed by atoms with E-state index < -0.39 is 5.82 Å². The number of hydrogen-bond acceptors (Lipinski definition) is 4. The van der Waals surface area contributed by atoms with Crippen LogP contribution < -0.4 is 10.6 Å². The van der Waals surface area contributed by atoms with E-state index in [1.54, 1.807) is 41.3 Å². The second-order valence-electron chi connectivity index (χ2n) is 8.11. The molecule has 9 heteroatoms. The fourth-order valence-electron chi connectivity index (χ4n) is 3.85. The highest BCUT2D eigenvalue weighted by Crippen LogP contribution is 2.20. The standard InChI is InChI=1S/C26H24ClFN4O3/c27-22-16-18(28)10-11-20(22)26(35)32-14-12-31(13-15-32)17-24(33)30-23-9-5-4-8-21(23)25(34)29-19-6-2-1-3-7-19/h1-11,16H,12-15,17H2,(H,29,34)(H,30,33). The van der Waals surface area contributed by atoms with E-state index in [0.29, 0.717) is 43.1 Å². The third-order valence-electron chi connectivity index (χ3n) is 5.67. The predicted molar refractivity (Wildman–Crippen MR) is 133 cm³/mol. The Morgan fingerprint density at radius 2 is 1.51 bits per heavy atom. The number of carbonyl (C=O) groups is 3. The van der Waals surface area contributed by atoms with Crippen molar-refractivity contribution < 1.29 is 18.8 Å². The van der Waals surface area contributed by atoms with E-state index in [9.17, 15) is 18.8 Å². The summed E-state index contributed by atoms with van der Waals surface area (Å²) in [6.07, 6.45) is 0. The molecule has 1 aliphatic heterocycles. The average molecular weight is 495 g/mol. The zero-order valence-corrected chi connectivity index (χ0v) is 19.6. The van der Waals surface area contributed by atoms with E-state index in [2.05, 4.69) is 10.6 Å². The summed E-state index contributed by atoms with van der Waals surface area (Å²) in [5.74, 6) is -1.34. The number of halogens is 2. The lowest BCUT2D eigenvalue weighted by Crippen LogP contribution is -2.50. The van der Waals surface area contributed by atoms with Gasteiger partial charge in [-0.2, -0.15) is 0 Å². The van der Waals surface area contributed by atoms with Crippen LogP contribution in [0.5, 0.6) is 0 Å². The number of piperazine rings is 1. The first-order chi connectivity index (χ1) is 16.9. The molecule has 0 aromatic heterocycles. The van der Waals surface area contributed by atoms with E-state index in [1.165, 1.54) is 12.1 Å². The number of nitrogens with zero attached hydrogens (tertiary/aromatic N) is 2. The van der Waals surface area contributed by atoms with Crippen molar-refractivity contribution >= 4 is 40.7 Å². The fraction of sp³-hybridized carbons (Fsp3) is 0.192. The maximum Gasteiger partial charge on any atom is 0.257 e. The summed E-state index contributed by atoms with van der Waals surface area (Å²) in [4.78, 5) is 41.7. The molecule has 1 fully saturated rings. The van der Waals surface area contributed by atoms with Crippen LogP contribution in [0.2, 0.25) is 5.02 Å². The third kappa shape index (κ3) is 6.23. The van der Waals surface area contributed by atoms with Gasteiger partial charge in [0.05, 0.1) is 28.4 Å². The molecule has 180 valence electrons. The summed E-state index contributed by atoms with van der Waals surface area (Å²) in [6, 6.07) is 19.6. The Hall–Kier alpha value is -3.75. The molecule has 3 amide bonds. The topological polar surface area (TPSA) is 81.8 Å². The second kappa shape index (κ2) is 11.1. The Balaban J connectivity index is 1.31. The van der Waals surface area contributed by atoms with Crippen molar-refractivity contribution in [3.8, 4) is 0 Å². The maximum absolute atomic E-state index is 13.3. The Labute approximate surface area is 207 Å². The molecule has 0 aliphatic carbocycles. The number of nitrogens with one attached hydrogen (secondary N) is 2. The van der Waals surface area contributed by atoms with Crippen LogP contribution in [-0.4, -0.2) is 60.2 Å². The molecule has 3 aromatic carbocycles. The first kappa shape index (κ1) is 24.4. The number of carbonyl (C=O) groups excluding carboxylic acids is 3. The molecule has 0 unspecified atom stereocenters. The summed E-state index contributed by atoms with van der Waals surface area (Å²) in [5.41, 5.74) is 1.69. The number of hydrogen-bond donors (Lipinski definition) is 2. The molecule has 3 aromatic rings. The summed E-state index contributed by atoms with van der Waals surface area (Å²) in [5, 5.41) is 5.72. The quantitative estimate of drug-likeness (QED) is 0.540. The van der Waals surface area contributed by atoms with Gasteiger partial charge in [-0.05, 0) is 42.5 Å². The van der Waals surface area contributed by atoms with Crippen molar-refractivity contribution in [1.82, 2.24) is 9.80 Å². The summed E-state index contributed by atoms with van der Waals surface area (Å²) < 4.78 is 13.3. The molecule has 7 nitrogen and oxygen atoms in total. The van der Waals surface area contributed by atoms with Crippen molar-refractivity contribution in [1.29, 1.82) is 0 Å². The van der Waals surface area contributed by atoms with E-state index in [4.69, 9.17) is 11.6 Å². The van der Waals surface area contributed by atoms with Crippen LogP contribution in [0.15, 0.2) is 72.8 Å². The smallest absolute Gasteiger partial charge is 0.257 e. The first-order valence-electron chi connectivity index (χ1n) is 11.1. The summed E-state index contributed by atoms with van der Waals surface area (Å²) in [6.45, 7) is 1.93. The van der Waals surface area contributed by atoms with E-state index in [0.717, 1.165) is 6.07 Å². The third-order valence-corrected chi connectivity index (χ3v) is 5.98. The molecule has 0 bridgehead atoms. The van der Waals surface area contributed by atoms with Crippen LogP contribution in [0, 0.1) is 5.82 Å². The van der Waals surface area contributed by atoms with Gasteiger partial charge in [0.25, 0.3) is 11.8 Å². The van der Waals surface area contributed by atoms with Crippen molar-refractivity contribution in [2.75, 3.05) is 43.4 Å². The molecule has 2 N–H and O–H groups in total. The Morgan fingerprint density at radius 1 is 0.829 bits per heavy atom. The van der Waals surface area contributed by atoms with Gasteiger partial charge < -0.3 is 15.5 Å². The zero-order chi connectivity index (χ0) is 24.8. The Morgan fingerprint density at radius 3 is 2.23 bits per heavy atom. The van der Waals surface area contributed by atoms with Crippen LogP contribution in [0.1, 0.15) is 20.7 Å². The molecule has 1 aliphatic rings. The van der Waals surface area contributed by atoms with Gasteiger partial charge in [0, 0.05) is 31.9 Å². The van der Waals surface area contributed by atoms with Crippen LogP contribution in [0.3, 0.4) is 0 Å². The van der Waals surface area contributed by atoms with E-state index in [1.807, 2.05) is 23.1 Å². The zero-order valence-electron chi connectivity index (χ0n) is 18.8. The van der Waals surface area contributed by atoms with Crippen LogP contribution >= 0.6 is 11.6 Å². The molecule has 35 heavy (non-hydrogen) atoms. The molecule has 4 rings (SSSR count). The van der Waals surface area contributed by atoms with E-state index in [-0.39, 0.29) is 34.9 Å². The van der Waals surface area contributed by atoms with Gasteiger partial charge in [0.2, 0.25) is 5.91 Å². The minimum Gasteiger partial charge on any atom is -0.336 e. The number of rotatable bonds is 6. The SMILES string of the molecule is O=C(CN1CCN(C(=O)c2ccc(F)cc2Cl)CC1)Nc1ccccc1C(=O)Nc1ccccc1. The van der Waals surface area contributed by atoms with Crippen molar-refractivity contribution in [3.05, 3.63) is 94.8 Å². The van der Waals surface area contributed by atoms with Gasteiger partial charge in [-0.1, -0.05) is 41.9 Å². The molecular formula is C26H24ClFN4O3. The summed E-state index contributed by atoms with van der Waals surface area (Å²) >= 11 is 6.02. The fourth-order valence-corrected chi connectivity index (χ4v) is 4.09. The van der Waals surface area contributed by atoms with Gasteiger partial charge in [-0.25, -0.2) is 4.39 Å². The minimum absolute atomic E-state index is 0.0757. The van der Waals surface area contributed by atoms with Crippen LogP contribution in [-0.2, 0) is 4.79 Å². The number of benzene rings is 3. The summed E-state index contributed by atoms with van der Waals surface area (Å²) in [7, 11) is 0. The van der Waals surface area contributed by atoms with Crippen molar-refractivity contribution in [3.63, 3.8) is 0 Å². The predicted octanol–water partition coefficient (Wildman–Crippen LogP) is 4.13. The second-order valence-corrected chi connectivity index (χ2v) is 8.51. The molecule has 1 heterocycles. The largest absolute Gasteiger partial charge is 0.336 e. The minimum atomic E-state index is -0.499. The number of para-hydroxylation sites is 2. The lowest BCUT2D eigenvalue weighted by Gasteiger charge is -2.34. The average Bonchev–Trinajstić information content (AvgIpc) is 2.85.